The van der Waals surface area contributed by atoms with Gasteiger partial charge in [0.2, 0.25) is 15.9 Å². The molecule has 0 spiro atoms. The van der Waals surface area contributed by atoms with Gasteiger partial charge in [-0.1, -0.05) is 12.1 Å². The summed E-state index contributed by atoms with van der Waals surface area (Å²) in [7, 11) is 1.59. The van der Waals surface area contributed by atoms with Crippen molar-refractivity contribution in [2.24, 2.45) is 0 Å². The first-order chi connectivity index (χ1) is 10.1. The number of amides is 1. The Morgan fingerprint density at radius 1 is 1.32 bits per heavy atom. The molecule has 0 aromatic heterocycles. The van der Waals surface area contributed by atoms with Crippen molar-refractivity contribution in [3.63, 3.8) is 0 Å². The fourth-order valence-corrected chi connectivity index (χ4v) is 2.25. The number of carbonyl (C=O) groups excluding carboxylic acids is 1. The molecule has 1 aromatic carbocycles. The minimum atomic E-state index is -3.40. The third-order valence-corrected chi connectivity index (χ3v) is 4.54. The zero-order valence-corrected chi connectivity index (χ0v) is 14.0. The van der Waals surface area contributed by atoms with Crippen LogP contribution in [-0.2, 0) is 14.8 Å². The molecule has 0 heterocycles. The van der Waals surface area contributed by atoms with Crippen LogP contribution in [0.15, 0.2) is 24.3 Å². The first-order valence-electron chi connectivity index (χ1n) is 6.71. The van der Waals surface area contributed by atoms with E-state index in [1.165, 1.54) is 19.2 Å². The minimum Gasteiger partial charge on any atom is -0.353 e. The van der Waals surface area contributed by atoms with Gasteiger partial charge in [0.1, 0.15) is 5.82 Å². The molecule has 124 valence electrons. The van der Waals surface area contributed by atoms with Crippen LogP contribution in [0.1, 0.15) is 11.6 Å². The lowest BCUT2D eigenvalue weighted by Gasteiger charge is -2.25. The summed E-state index contributed by atoms with van der Waals surface area (Å²) in [5.41, 5.74) is 0.738. The van der Waals surface area contributed by atoms with E-state index in [4.69, 9.17) is 0 Å². The van der Waals surface area contributed by atoms with Crippen LogP contribution < -0.4 is 5.32 Å². The number of nitrogens with one attached hydrogen (secondary N) is 1. The van der Waals surface area contributed by atoms with Gasteiger partial charge in [-0.05, 0) is 31.8 Å². The Morgan fingerprint density at radius 2 is 1.95 bits per heavy atom. The number of carbonyl (C=O) groups is 1. The summed E-state index contributed by atoms with van der Waals surface area (Å²) in [6.07, 6.45) is 1.04. The van der Waals surface area contributed by atoms with Crippen LogP contribution in [0.5, 0.6) is 0 Å². The van der Waals surface area contributed by atoms with E-state index >= 15 is 0 Å². The molecule has 0 fully saturated rings. The number of hydrogen-bond donors (Lipinski definition) is 1. The Hall–Kier alpha value is -1.51. The fourth-order valence-electron chi connectivity index (χ4n) is 1.90. The van der Waals surface area contributed by atoms with Crippen molar-refractivity contribution < 1.29 is 17.6 Å². The smallest absolute Gasteiger partial charge is 0.235 e. The molecule has 1 N–H and O–H groups in total. The van der Waals surface area contributed by atoms with Crippen molar-refractivity contribution in [3.8, 4) is 0 Å². The Balaban J connectivity index is 2.68. The van der Waals surface area contributed by atoms with E-state index in [2.05, 4.69) is 5.32 Å². The normalized spacial score (nSPS) is 13.4. The predicted octanol–water partition coefficient (Wildman–Crippen LogP) is 0.436. The molecular weight excluding hydrogens is 309 g/mol. The third-order valence-electron chi connectivity index (χ3n) is 3.28. The van der Waals surface area contributed by atoms with Gasteiger partial charge in [0.05, 0.1) is 18.8 Å². The topological polar surface area (TPSA) is 69.7 Å². The first kappa shape index (κ1) is 18.5. The second-order valence-corrected chi connectivity index (χ2v) is 7.45. The van der Waals surface area contributed by atoms with Gasteiger partial charge >= 0.3 is 0 Å². The van der Waals surface area contributed by atoms with E-state index in [9.17, 15) is 17.6 Å². The summed E-state index contributed by atoms with van der Waals surface area (Å²) in [4.78, 5) is 13.7. The van der Waals surface area contributed by atoms with Crippen LogP contribution in [-0.4, -0.2) is 64.0 Å². The molecule has 1 atom stereocenters. The van der Waals surface area contributed by atoms with Crippen molar-refractivity contribution in [2.45, 2.75) is 6.04 Å². The lowest BCUT2D eigenvalue weighted by molar-refractivity contribution is -0.121. The van der Waals surface area contributed by atoms with Gasteiger partial charge in [-0.3, -0.25) is 4.79 Å². The average molecular weight is 331 g/mol. The SMILES string of the molecule is CN(C)C(CNC(=O)CN(C)S(C)(=O)=O)c1cccc(F)c1. The van der Waals surface area contributed by atoms with Gasteiger partial charge in [0.15, 0.2) is 0 Å². The Morgan fingerprint density at radius 3 is 2.45 bits per heavy atom. The van der Waals surface area contributed by atoms with Crippen LogP contribution in [0.25, 0.3) is 0 Å². The average Bonchev–Trinajstić information content (AvgIpc) is 2.37. The lowest BCUT2D eigenvalue weighted by Crippen LogP contribution is -2.41. The van der Waals surface area contributed by atoms with Gasteiger partial charge in [0, 0.05) is 13.6 Å². The van der Waals surface area contributed by atoms with Crippen molar-refractivity contribution >= 4 is 15.9 Å². The number of nitrogens with zero attached hydrogens (tertiary/aromatic N) is 2. The van der Waals surface area contributed by atoms with Crippen molar-refractivity contribution in [1.29, 1.82) is 0 Å². The van der Waals surface area contributed by atoms with E-state index in [1.54, 1.807) is 12.1 Å². The van der Waals surface area contributed by atoms with Gasteiger partial charge in [-0.25, -0.2) is 12.8 Å². The van der Waals surface area contributed by atoms with Crippen LogP contribution in [0.4, 0.5) is 4.39 Å². The number of hydrogen-bond acceptors (Lipinski definition) is 4. The van der Waals surface area contributed by atoms with Crippen molar-refractivity contribution in [2.75, 3.05) is 40.5 Å². The number of benzene rings is 1. The largest absolute Gasteiger partial charge is 0.353 e. The standard InChI is InChI=1S/C14H22FN3O3S/c1-17(2)13(11-6-5-7-12(15)8-11)9-16-14(19)10-18(3)22(4,20)21/h5-8,13H,9-10H2,1-4H3,(H,16,19). The first-order valence-corrected chi connectivity index (χ1v) is 8.56. The molecule has 6 nitrogen and oxygen atoms in total. The van der Waals surface area contributed by atoms with Crippen LogP contribution in [0.2, 0.25) is 0 Å². The molecule has 0 radical (unpaired) electrons. The van der Waals surface area contributed by atoms with E-state index in [0.29, 0.717) is 0 Å². The molecule has 1 amide bonds. The van der Waals surface area contributed by atoms with Gasteiger partial charge in [-0.2, -0.15) is 4.31 Å². The Labute approximate surface area is 131 Å². The number of rotatable bonds is 7. The third kappa shape index (κ3) is 5.70. The maximum absolute atomic E-state index is 13.3. The summed E-state index contributed by atoms with van der Waals surface area (Å²) in [5.74, 6) is -0.747. The molecule has 8 heteroatoms. The van der Waals surface area contributed by atoms with E-state index in [-0.39, 0.29) is 24.9 Å². The van der Waals surface area contributed by atoms with E-state index in [0.717, 1.165) is 16.1 Å². The highest BCUT2D eigenvalue weighted by molar-refractivity contribution is 7.88. The van der Waals surface area contributed by atoms with Gasteiger partial charge in [0.25, 0.3) is 0 Å². The summed E-state index contributed by atoms with van der Waals surface area (Å²) >= 11 is 0. The molecule has 0 aliphatic heterocycles. The molecule has 0 bridgehead atoms. The molecular formula is C14H22FN3O3S. The maximum Gasteiger partial charge on any atom is 0.235 e. The van der Waals surface area contributed by atoms with Crippen LogP contribution >= 0.6 is 0 Å². The predicted molar refractivity (Wildman–Crippen MR) is 83.3 cm³/mol. The molecule has 1 aromatic rings. The zero-order chi connectivity index (χ0) is 16.9. The number of likely N-dealkylation sites (N-methyl/N-ethyl adjacent to an activating group) is 2. The molecule has 22 heavy (non-hydrogen) atoms. The monoisotopic (exact) mass is 331 g/mol. The number of halogens is 1. The Bertz CT molecular complexity index is 620. The zero-order valence-electron chi connectivity index (χ0n) is 13.2. The molecule has 0 saturated carbocycles. The highest BCUT2D eigenvalue weighted by atomic mass is 32.2. The van der Waals surface area contributed by atoms with E-state index < -0.39 is 15.9 Å². The quantitative estimate of drug-likeness (QED) is 0.787. The Kier molecular flexibility index (Phi) is 6.46. The molecule has 0 saturated heterocycles. The van der Waals surface area contributed by atoms with Crippen molar-refractivity contribution in [1.82, 2.24) is 14.5 Å². The van der Waals surface area contributed by atoms with E-state index in [1.807, 2.05) is 19.0 Å². The van der Waals surface area contributed by atoms with Crippen LogP contribution in [0, 0.1) is 5.82 Å². The van der Waals surface area contributed by atoms with Gasteiger partial charge in [-0.15, -0.1) is 0 Å². The van der Waals surface area contributed by atoms with Gasteiger partial charge < -0.3 is 10.2 Å². The highest BCUT2D eigenvalue weighted by Gasteiger charge is 2.18. The van der Waals surface area contributed by atoms with Crippen LogP contribution in [0.3, 0.4) is 0 Å². The number of sulfonamides is 1. The summed E-state index contributed by atoms with van der Waals surface area (Å²) < 4.78 is 36.8. The molecule has 0 aliphatic rings. The summed E-state index contributed by atoms with van der Waals surface area (Å²) in [6.45, 7) is 0.00895. The molecule has 0 aliphatic carbocycles. The maximum atomic E-state index is 13.3. The minimum absolute atomic E-state index is 0.205. The molecule has 1 unspecified atom stereocenters. The summed E-state index contributed by atoms with van der Waals surface area (Å²) in [5, 5.41) is 2.68. The second-order valence-electron chi connectivity index (χ2n) is 5.36. The molecule has 1 rings (SSSR count). The second kappa shape index (κ2) is 7.66. The summed E-state index contributed by atoms with van der Waals surface area (Å²) in [6, 6.07) is 5.96. The lowest BCUT2D eigenvalue weighted by atomic mass is 10.1. The fraction of sp³-hybridized carbons (Fsp3) is 0.500. The van der Waals surface area contributed by atoms with Crippen molar-refractivity contribution in [3.05, 3.63) is 35.6 Å². The highest BCUT2D eigenvalue weighted by Crippen LogP contribution is 2.18.